The van der Waals surface area contributed by atoms with Crippen LogP contribution in [0.2, 0.25) is 5.02 Å². The lowest BCUT2D eigenvalue weighted by Gasteiger charge is -2.05. The predicted octanol–water partition coefficient (Wildman–Crippen LogP) is 2.42. The molecular weight excluding hydrogens is 198 g/mol. The Balaban J connectivity index is 2.52. The minimum Gasteiger partial charge on any atom is -0.399 e. The summed E-state index contributed by atoms with van der Waals surface area (Å²) in [6.45, 7) is 1.99. The minimum absolute atomic E-state index is 0.626. The van der Waals surface area contributed by atoms with E-state index in [0.717, 1.165) is 16.9 Å². The van der Waals surface area contributed by atoms with Crippen LogP contribution in [0.5, 0.6) is 0 Å². The first-order chi connectivity index (χ1) is 6.66. The fourth-order valence-electron chi connectivity index (χ4n) is 1.37. The lowest BCUT2D eigenvalue weighted by Crippen LogP contribution is -1.98. The average molecular weight is 208 g/mol. The maximum atomic E-state index is 5.79. The number of aryl methyl sites for hydroxylation is 1. The number of halogens is 1. The van der Waals surface area contributed by atoms with Crippen molar-refractivity contribution in [2.75, 3.05) is 5.73 Å². The highest BCUT2D eigenvalue weighted by atomic mass is 35.5. The van der Waals surface area contributed by atoms with Crippen molar-refractivity contribution in [2.24, 2.45) is 0 Å². The Morgan fingerprint density at radius 3 is 2.79 bits per heavy atom. The Morgan fingerprint density at radius 2 is 2.21 bits per heavy atom. The molecule has 2 aromatic rings. The van der Waals surface area contributed by atoms with Gasteiger partial charge >= 0.3 is 0 Å². The summed E-state index contributed by atoms with van der Waals surface area (Å²) in [5, 5.41) is 4.75. The maximum absolute atomic E-state index is 5.79. The highest BCUT2D eigenvalue weighted by Gasteiger charge is 2.02. The van der Waals surface area contributed by atoms with Crippen LogP contribution in [0.1, 0.15) is 5.56 Å². The largest absolute Gasteiger partial charge is 0.399 e. The maximum Gasteiger partial charge on any atom is 0.0790 e. The van der Waals surface area contributed by atoms with Gasteiger partial charge in [-0.15, -0.1) is 0 Å². The lowest BCUT2D eigenvalue weighted by molar-refractivity contribution is 0.873. The third kappa shape index (κ3) is 1.59. The number of nitrogens with two attached hydrogens (primary N) is 1. The molecule has 0 atom stereocenters. The van der Waals surface area contributed by atoms with Gasteiger partial charge in [-0.25, -0.2) is 4.68 Å². The Bertz CT molecular complexity index is 462. The zero-order valence-corrected chi connectivity index (χ0v) is 8.49. The molecule has 0 saturated carbocycles. The molecule has 0 unspecified atom stereocenters. The van der Waals surface area contributed by atoms with Gasteiger partial charge in [-0.05, 0) is 30.7 Å². The molecule has 1 aromatic heterocycles. The first-order valence-electron chi connectivity index (χ1n) is 4.23. The number of hydrogen-bond acceptors (Lipinski definition) is 2. The summed E-state index contributed by atoms with van der Waals surface area (Å²) in [5.41, 5.74) is 8.47. The number of rotatable bonds is 1. The number of anilines is 1. The lowest BCUT2D eigenvalue weighted by atomic mass is 10.2. The van der Waals surface area contributed by atoms with E-state index in [9.17, 15) is 0 Å². The molecule has 0 aliphatic carbocycles. The van der Waals surface area contributed by atoms with Crippen molar-refractivity contribution in [2.45, 2.75) is 6.92 Å². The SMILES string of the molecule is Cc1cc(N)ccc1-n1cc(Cl)cn1. The minimum atomic E-state index is 0.626. The Labute approximate surface area is 87.1 Å². The molecule has 1 aromatic carbocycles. The van der Waals surface area contributed by atoms with E-state index in [1.54, 1.807) is 17.1 Å². The fraction of sp³-hybridized carbons (Fsp3) is 0.100. The van der Waals surface area contributed by atoms with Crippen molar-refractivity contribution in [1.82, 2.24) is 9.78 Å². The quantitative estimate of drug-likeness (QED) is 0.730. The molecule has 72 valence electrons. The van der Waals surface area contributed by atoms with Crippen molar-refractivity contribution < 1.29 is 0 Å². The van der Waals surface area contributed by atoms with E-state index in [4.69, 9.17) is 17.3 Å². The Kier molecular flexibility index (Phi) is 2.17. The molecule has 0 amide bonds. The van der Waals surface area contributed by atoms with Crippen molar-refractivity contribution in [1.29, 1.82) is 0 Å². The van der Waals surface area contributed by atoms with E-state index in [1.165, 1.54) is 0 Å². The van der Waals surface area contributed by atoms with Crippen LogP contribution < -0.4 is 5.73 Å². The highest BCUT2D eigenvalue weighted by Crippen LogP contribution is 2.17. The average Bonchev–Trinajstić information content (AvgIpc) is 2.51. The van der Waals surface area contributed by atoms with Gasteiger partial charge in [-0.2, -0.15) is 5.10 Å². The normalized spacial score (nSPS) is 10.4. The molecular formula is C10H10ClN3. The molecule has 14 heavy (non-hydrogen) atoms. The third-order valence-corrected chi connectivity index (χ3v) is 2.21. The highest BCUT2D eigenvalue weighted by molar-refractivity contribution is 6.30. The van der Waals surface area contributed by atoms with Crippen LogP contribution in [0.4, 0.5) is 5.69 Å². The molecule has 0 aliphatic rings. The van der Waals surface area contributed by atoms with Gasteiger partial charge in [-0.1, -0.05) is 11.6 Å². The summed E-state index contributed by atoms with van der Waals surface area (Å²) < 4.78 is 1.73. The Hall–Kier alpha value is -1.48. The van der Waals surface area contributed by atoms with Crippen LogP contribution >= 0.6 is 11.6 Å². The zero-order chi connectivity index (χ0) is 10.1. The number of hydrogen-bond donors (Lipinski definition) is 1. The number of aromatic nitrogens is 2. The van der Waals surface area contributed by atoms with Gasteiger partial charge in [0, 0.05) is 11.9 Å². The van der Waals surface area contributed by atoms with Crippen molar-refractivity contribution >= 4 is 17.3 Å². The summed E-state index contributed by atoms with van der Waals surface area (Å²) >= 11 is 5.79. The van der Waals surface area contributed by atoms with Gasteiger partial charge in [0.05, 0.1) is 16.9 Å². The number of nitrogen functional groups attached to an aromatic ring is 1. The summed E-state index contributed by atoms with van der Waals surface area (Å²) in [7, 11) is 0. The summed E-state index contributed by atoms with van der Waals surface area (Å²) in [6.07, 6.45) is 3.37. The molecule has 0 spiro atoms. The second-order valence-corrected chi connectivity index (χ2v) is 3.59. The number of nitrogens with zero attached hydrogens (tertiary/aromatic N) is 2. The van der Waals surface area contributed by atoms with Crippen LogP contribution in [0, 0.1) is 6.92 Å². The van der Waals surface area contributed by atoms with Gasteiger partial charge in [-0.3, -0.25) is 0 Å². The van der Waals surface area contributed by atoms with Crippen molar-refractivity contribution in [3.8, 4) is 5.69 Å². The second kappa shape index (κ2) is 3.35. The first kappa shape index (κ1) is 9.09. The summed E-state index contributed by atoms with van der Waals surface area (Å²) in [6, 6.07) is 5.68. The van der Waals surface area contributed by atoms with Gasteiger partial charge in [0.2, 0.25) is 0 Å². The Morgan fingerprint density at radius 1 is 1.43 bits per heavy atom. The van der Waals surface area contributed by atoms with E-state index in [2.05, 4.69) is 5.10 Å². The molecule has 0 aliphatic heterocycles. The van der Waals surface area contributed by atoms with E-state index in [0.29, 0.717) is 5.02 Å². The predicted molar refractivity (Wildman–Crippen MR) is 57.7 cm³/mol. The molecule has 0 radical (unpaired) electrons. The standard InChI is InChI=1S/C10H10ClN3/c1-7-4-9(12)2-3-10(7)14-6-8(11)5-13-14/h2-6H,12H2,1H3. The number of benzene rings is 1. The fourth-order valence-corrected chi connectivity index (χ4v) is 1.50. The summed E-state index contributed by atoms with van der Waals surface area (Å²) in [4.78, 5) is 0. The van der Waals surface area contributed by atoms with Gasteiger partial charge in [0.25, 0.3) is 0 Å². The van der Waals surface area contributed by atoms with Crippen molar-refractivity contribution in [3.63, 3.8) is 0 Å². The van der Waals surface area contributed by atoms with Crippen molar-refractivity contribution in [3.05, 3.63) is 41.2 Å². The smallest absolute Gasteiger partial charge is 0.0790 e. The van der Waals surface area contributed by atoms with Crippen LogP contribution in [0.3, 0.4) is 0 Å². The third-order valence-electron chi connectivity index (χ3n) is 2.02. The van der Waals surface area contributed by atoms with Crippen LogP contribution in [0.15, 0.2) is 30.6 Å². The zero-order valence-electron chi connectivity index (χ0n) is 7.74. The monoisotopic (exact) mass is 207 g/mol. The summed E-state index contributed by atoms with van der Waals surface area (Å²) in [5.74, 6) is 0. The molecule has 0 bridgehead atoms. The molecule has 3 nitrogen and oxygen atoms in total. The van der Waals surface area contributed by atoms with E-state index >= 15 is 0 Å². The van der Waals surface area contributed by atoms with E-state index < -0.39 is 0 Å². The van der Waals surface area contributed by atoms with Crippen LogP contribution in [-0.4, -0.2) is 9.78 Å². The van der Waals surface area contributed by atoms with E-state index in [-0.39, 0.29) is 0 Å². The van der Waals surface area contributed by atoms with Gasteiger partial charge < -0.3 is 5.73 Å². The van der Waals surface area contributed by atoms with Crippen LogP contribution in [0.25, 0.3) is 5.69 Å². The molecule has 2 N–H and O–H groups in total. The van der Waals surface area contributed by atoms with Crippen LogP contribution in [-0.2, 0) is 0 Å². The molecule has 4 heteroatoms. The molecule has 1 heterocycles. The second-order valence-electron chi connectivity index (χ2n) is 3.15. The molecule has 2 rings (SSSR count). The van der Waals surface area contributed by atoms with Gasteiger partial charge in [0.15, 0.2) is 0 Å². The molecule has 0 fully saturated rings. The first-order valence-corrected chi connectivity index (χ1v) is 4.61. The van der Waals surface area contributed by atoms with E-state index in [1.807, 2.05) is 25.1 Å². The topological polar surface area (TPSA) is 43.8 Å². The van der Waals surface area contributed by atoms with Gasteiger partial charge in [0.1, 0.15) is 0 Å². The molecule has 0 saturated heterocycles.